The molecule has 0 saturated heterocycles. The van der Waals surface area contributed by atoms with E-state index < -0.39 is 23.9 Å². The van der Waals surface area contributed by atoms with Crippen LogP contribution in [0.5, 0.6) is 0 Å². The predicted octanol–water partition coefficient (Wildman–Crippen LogP) is 1.84. The number of hydrogen-bond donors (Lipinski definition) is 3. The zero-order chi connectivity index (χ0) is 13.8. The van der Waals surface area contributed by atoms with E-state index in [1.54, 1.807) is 0 Å². The van der Waals surface area contributed by atoms with Crippen LogP contribution in [0.1, 0.15) is 11.1 Å². The van der Waals surface area contributed by atoms with E-state index >= 15 is 0 Å². The number of hydrogen-bond acceptors (Lipinski definition) is 2. The van der Waals surface area contributed by atoms with E-state index in [2.05, 4.69) is 0 Å². The van der Waals surface area contributed by atoms with Crippen molar-refractivity contribution in [3.05, 3.63) is 35.4 Å². The number of carboxylic acid groups (broad SMARTS) is 1. The summed E-state index contributed by atoms with van der Waals surface area (Å²) in [5.74, 6) is 0. The lowest BCUT2D eigenvalue weighted by molar-refractivity contribution is -0.138. The van der Waals surface area contributed by atoms with Crippen molar-refractivity contribution in [2.45, 2.75) is 18.6 Å². The molecule has 0 fully saturated rings. The first-order valence-corrected chi connectivity index (χ1v) is 5.18. The minimum atomic E-state index is -4.43. The van der Waals surface area contributed by atoms with Crippen molar-refractivity contribution in [2.75, 3.05) is 6.54 Å². The molecule has 18 heavy (non-hydrogen) atoms. The molecule has 1 amide bonds. The second-order valence-electron chi connectivity index (χ2n) is 3.81. The van der Waals surface area contributed by atoms with Gasteiger partial charge < -0.3 is 16.2 Å². The molecule has 0 heterocycles. The number of benzene rings is 1. The highest BCUT2D eigenvalue weighted by atomic mass is 19.4. The van der Waals surface area contributed by atoms with Crippen molar-refractivity contribution in [1.29, 1.82) is 0 Å². The number of rotatable bonds is 4. The van der Waals surface area contributed by atoms with Gasteiger partial charge in [-0.25, -0.2) is 4.79 Å². The lowest BCUT2D eigenvalue weighted by Gasteiger charge is -2.16. The van der Waals surface area contributed by atoms with Gasteiger partial charge in [-0.05, 0) is 18.1 Å². The predicted molar refractivity (Wildman–Crippen MR) is 59.2 cm³/mol. The monoisotopic (exact) mass is 262 g/mol. The maximum Gasteiger partial charge on any atom is 0.416 e. The van der Waals surface area contributed by atoms with Crippen LogP contribution in [0, 0.1) is 0 Å². The van der Waals surface area contributed by atoms with Gasteiger partial charge in [0.25, 0.3) is 0 Å². The van der Waals surface area contributed by atoms with Crippen LogP contribution in [0.25, 0.3) is 0 Å². The summed E-state index contributed by atoms with van der Waals surface area (Å²) in [7, 11) is 0. The number of nitrogens with one attached hydrogen (secondary N) is 1. The number of carbonyl (C=O) groups is 1. The number of alkyl halides is 3. The van der Waals surface area contributed by atoms with E-state index in [1.165, 1.54) is 18.2 Å². The summed E-state index contributed by atoms with van der Waals surface area (Å²) < 4.78 is 38.0. The first-order chi connectivity index (χ1) is 8.30. The molecule has 1 rings (SSSR count). The maximum atomic E-state index is 12.7. The van der Waals surface area contributed by atoms with Crippen LogP contribution in [-0.2, 0) is 12.6 Å². The standard InChI is InChI=1S/C11H13F3N2O2/c12-11(13,14)9-4-2-1-3-7(9)5-8(15)6-16-10(17)18/h1-4,8,16H,5-6,15H2,(H,17,18)/t8-/m0/s1. The molecule has 100 valence electrons. The molecule has 0 saturated carbocycles. The molecule has 1 aromatic rings. The zero-order valence-corrected chi connectivity index (χ0v) is 9.37. The summed E-state index contributed by atoms with van der Waals surface area (Å²) in [6, 6.07) is 4.40. The second kappa shape index (κ2) is 5.72. The van der Waals surface area contributed by atoms with Gasteiger partial charge in [0.1, 0.15) is 0 Å². The Morgan fingerprint density at radius 2 is 2.00 bits per heavy atom. The minimum absolute atomic E-state index is 0.0457. The summed E-state index contributed by atoms with van der Waals surface area (Å²) >= 11 is 0. The largest absolute Gasteiger partial charge is 0.465 e. The highest BCUT2D eigenvalue weighted by Gasteiger charge is 2.33. The number of amides is 1. The molecular weight excluding hydrogens is 249 g/mol. The Hall–Kier alpha value is -1.76. The molecule has 0 radical (unpaired) electrons. The second-order valence-corrected chi connectivity index (χ2v) is 3.81. The van der Waals surface area contributed by atoms with Crippen LogP contribution in [0.4, 0.5) is 18.0 Å². The van der Waals surface area contributed by atoms with Crippen molar-refractivity contribution in [3.63, 3.8) is 0 Å². The van der Waals surface area contributed by atoms with Gasteiger partial charge in [0.2, 0.25) is 0 Å². The lowest BCUT2D eigenvalue weighted by Crippen LogP contribution is -2.38. The Bertz CT molecular complexity index is 421. The summed E-state index contributed by atoms with van der Waals surface area (Å²) in [5.41, 5.74) is 4.89. The molecule has 0 aliphatic carbocycles. The smallest absolute Gasteiger partial charge is 0.416 e. The molecule has 7 heteroatoms. The molecule has 1 atom stereocenters. The quantitative estimate of drug-likeness (QED) is 0.775. The van der Waals surface area contributed by atoms with Crippen molar-refractivity contribution in [3.8, 4) is 0 Å². The third-order valence-electron chi connectivity index (χ3n) is 2.32. The van der Waals surface area contributed by atoms with Gasteiger partial charge in [-0.15, -0.1) is 0 Å². The topological polar surface area (TPSA) is 75.3 Å². The van der Waals surface area contributed by atoms with Crippen LogP contribution >= 0.6 is 0 Å². The van der Waals surface area contributed by atoms with Gasteiger partial charge >= 0.3 is 12.3 Å². The SMILES string of the molecule is N[C@H](CNC(=O)O)Cc1ccccc1C(F)(F)F. The Morgan fingerprint density at radius 3 is 2.56 bits per heavy atom. The van der Waals surface area contributed by atoms with Crippen LogP contribution in [0.3, 0.4) is 0 Å². The van der Waals surface area contributed by atoms with E-state index in [4.69, 9.17) is 10.8 Å². The van der Waals surface area contributed by atoms with Gasteiger partial charge in [-0.3, -0.25) is 0 Å². The Kier molecular flexibility index (Phi) is 4.55. The van der Waals surface area contributed by atoms with E-state index in [0.717, 1.165) is 6.07 Å². The first-order valence-electron chi connectivity index (χ1n) is 5.18. The summed E-state index contributed by atoms with van der Waals surface area (Å²) in [6.45, 7) is -0.0957. The molecule has 4 nitrogen and oxygen atoms in total. The Balaban J connectivity index is 2.75. The normalized spacial score (nSPS) is 13.1. The maximum absolute atomic E-state index is 12.7. The Labute approximate surface area is 102 Å². The molecule has 0 aromatic heterocycles. The third kappa shape index (κ3) is 4.25. The van der Waals surface area contributed by atoms with Crippen LogP contribution < -0.4 is 11.1 Å². The molecule has 0 spiro atoms. The van der Waals surface area contributed by atoms with Gasteiger partial charge in [0.05, 0.1) is 5.56 Å². The average molecular weight is 262 g/mol. The fourth-order valence-electron chi connectivity index (χ4n) is 1.55. The van der Waals surface area contributed by atoms with Crippen LogP contribution in [0.2, 0.25) is 0 Å². The van der Waals surface area contributed by atoms with Crippen molar-refractivity contribution in [1.82, 2.24) is 5.32 Å². The molecule has 1 aromatic carbocycles. The fourth-order valence-corrected chi connectivity index (χ4v) is 1.55. The van der Waals surface area contributed by atoms with Crippen molar-refractivity contribution >= 4 is 6.09 Å². The third-order valence-corrected chi connectivity index (χ3v) is 2.32. The van der Waals surface area contributed by atoms with E-state index in [-0.39, 0.29) is 18.5 Å². The summed E-state index contributed by atoms with van der Waals surface area (Å²) in [4.78, 5) is 10.2. The summed E-state index contributed by atoms with van der Waals surface area (Å²) in [5, 5.41) is 10.4. The lowest BCUT2D eigenvalue weighted by atomic mass is 10.0. The van der Waals surface area contributed by atoms with E-state index in [9.17, 15) is 18.0 Å². The number of halogens is 3. The van der Waals surface area contributed by atoms with E-state index in [0.29, 0.717) is 0 Å². The van der Waals surface area contributed by atoms with Gasteiger partial charge in [-0.2, -0.15) is 13.2 Å². The van der Waals surface area contributed by atoms with Gasteiger partial charge in [0.15, 0.2) is 0 Å². The van der Waals surface area contributed by atoms with Crippen LogP contribution in [-0.4, -0.2) is 23.8 Å². The molecule has 4 N–H and O–H groups in total. The molecule has 0 aliphatic heterocycles. The van der Waals surface area contributed by atoms with E-state index in [1.807, 2.05) is 5.32 Å². The number of nitrogens with two attached hydrogens (primary N) is 1. The highest BCUT2D eigenvalue weighted by Crippen LogP contribution is 2.32. The molecular formula is C11H13F3N2O2. The van der Waals surface area contributed by atoms with Gasteiger partial charge in [-0.1, -0.05) is 18.2 Å². The Morgan fingerprint density at radius 1 is 1.39 bits per heavy atom. The fraction of sp³-hybridized carbons (Fsp3) is 0.364. The zero-order valence-electron chi connectivity index (χ0n) is 9.37. The van der Waals surface area contributed by atoms with Gasteiger partial charge in [0, 0.05) is 12.6 Å². The van der Waals surface area contributed by atoms with Crippen molar-refractivity contribution in [2.24, 2.45) is 5.73 Å². The molecule has 0 unspecified atom stereocenters. The average Bonchev–Trinajstić information content (AvgIpc) is 2.25. The minimum Gasteiger partial charge on any atom is -0.465 e. The first kappa shape index (κ1) is 14.3. The molecule has 0 bridgehead atoms. The van der Waals surface area contributed by atoms with Crippen LogP contribution in [0.15, 0.2) is 24.3 Å². The molecule has 0 aliphatic rings. The summed E-state index contributed by atoms with van der Waals surface area (Å²) in [6.07, 6.45) is -5.73. The highest BCUT2D eigenvalue weighted by molar-refractivity contribution is 5.64. The van der Waals surface area contributed by atoms with Crippen molar-refractivity contribution < 1.29 is 23.1 Å².